The summed E-state index contributed by atoms with van der Waals surface area (Å²) in [4.78, 5) is 16.6. The average Bonchev–Trinajstić information content (AvgIpc) is 3.39. The number of fused-ring (bicyclic) bond motifs is 5. The van der Waals surface area contributed by atoms with Gasteiger partial charge in [0.2, 0.25) is 10.0 Å². The molecule has 140 valence electrons. The molecule has 6 rings (SSSR count). The molecule has 8 heteroatoms. The van der Waals surface area contributed by atoms with Gasteiger partial charge in [-0.2, -0.15) is 4.31 Å². The van der Waals surface area contributed by atoms with Crippen molar-refractivity contribution in [3.05, 3.63) is 28.7 Å². The van der Waals surface area contributed by atoms with Crippen molar-refractivity contribution in [1.82, 2.24) is 14.2 Å². The molecule has 1 saturated carbocycles. The maximum absolute atomic E-state index is 13.2. The molecule has 4 heterocycles. The number of hydrogen-bond donors (Lipinski definition) is 1. The first-order valence-electron chi connectivity index (χ1n) is 9.36. The van der Waals surface area contributed by atoms with E-state index in [4.69, 9.17) is 4.42 Å². The predicted molar refractivity (Wildman–Crippen MR) is 96.4 cm³/mol. The van der Waals surface area contributed by atoms with Crippen molar-refractivity contribution in [2.75, 3.05) is 26.2 Å². The molecule has 2 bridgehead atoms. The Hall–Kier alpha value is -1.64. The Kier molecular flexibility index (Phi) is 3.77. The summed E-state index contributed by atoms with van der Waals surface area (Å²) in [5.41, 5.74) is 0.796. The molecule has 1 N–H and O–H groups in total. The minimum atomic E-state index is -3.60. The summed E-state index contributed by atoms with van der Waals surface area (Å²) in [5, 5.41) is 0. The molecule has 0 spiro atoms. The number of oxazole rings is 1. The van der Waals surface area contributed by atoms with Gasteiger partial charge in [0, 0.05) is 38.3 Å². The molecule has 1 aromatic carbocycles. The topological polar surface area (TPSA) is 86.6 Å². The number of piperidine rings is 1. The van der Waals surface area contributed by atoms with Gasteiger partial charge in [-0.1, -0.05) is 0 Å². The number of hydrogen-bond acceptors (Lipinski definition) is 5. The lowest BCUT2D eigenvalue weighted by Gasteiger charge is -2.36. The van der Waals surface area contributed by atoms with Crippen molar-refractivity contribution in [3.8, 4) is 0 Å². The minimum absolute atomic E-state index is 0.197. The second-order valence-electron chi connectivity index (χ2n) is 7.99. The van der Waals surface area contributed by atoms with Crippen LogP contribution in [-0.4, -0.2) is 54.8 Å². The van der Waals surface area contributed by atoms with E-state index in [9.17, 15) is 13.2 Å². The van der Waals surface area contributed by atoms with E-state index >= 15 is 0 Å². The Morgan fingerprint density at radius 2 is 1.96 bits per heavy atom. The molecule has 2 atom stereocenters. The molecular weight excluding hydrogens is 354 g/mol. The van der Waals surface area contributed by atoms with Gasteiger partial charge >= 0.3 is 5.76 Å². The van der Waals surface area contributed by atoms with Crippen molar-refractivity contribution in [3.63, 3.8) is 0 Å². The zero-order valence-corrected chi connectivity index (χ0v) is 15.4. The zero-order valence-electron chi connectivity index (χ0n) is 14.6. The molecular formula is C18H23N3O4S. The lowest BCUT2D eigenvalue weighted by Crippen LogP contribution is -2.45. The largest absolute Gasteiger partial charge is 0.417 e. The molecule has 4 fully saturated rings. The van der Waals surface area contributed by atoms with Crippen LogP contribution in [0.5, 0.6) is 0 Å². The fraction of sp³-hybridized carbons (Fsp3) is 0.611. The van der Waals surface area contributed by atoms with E-state index in [0.29, 0.717) is 30.6 Å². The van der Waals surface area contributed by atoms with E-state index in [1.165, 1.54) is 18.9 Å². The second kappa shape index (κ2) is 5.94. The molecule has 4 aliphatic rings. The summed E-state index contributed by atoms with van der Waals surface area (Å²) >= 11 is 0. The third-order valence-corrected chi connectivity index (χ3v) is 7.84. The highest BCUT2D eigenvalue weighted by Crippen LogP contribution is 2.36. The van der Waals surface area contributed by atoms with Crippen LogP contribution in [0.2, 0.25) is 0 Å². The van der Waals surface area contributed by atoms with Crippen molar-refractivity contribution < 1.29 is 12.8 Å². The first-order chi connectivity index (χ1) is 12.5. The molecule has 0 amide bonds. The molecule has 7 nitrogen and oxygen atoms in total. The lowest BCUT2D eigenvalue weighted by molar-refractivity contribution is 0.127. The van der Waals surface area contributed by atoms with Crippen molar-refractivity contribution in [2.24, 2.45) is 11.8 Å². The normalized spacial score (nSPS) is 27.8. The van der Waals surface area contributed by atoms with Crippen molar-refractivity contribution in [2.45, 2.75) is 36.6 Å². The number of nitrogens with one attached hydrogen (secondary N) is 1. The Balaban J connectivity index is 1.44. The molecule has 3 saturated heterocycles. The minimum Gasteiger partial charge on any atom is -0.408 e. The van der Waals surface area contributed by atoms with Gasteiger partial charge in [0.05, 0.1) is 10.4 Å². The third kappa shape index (κ3) is 2.90. The highest BCUT2D eigenvalue weighted by Gasteiger charge is 2.41. The summed E-state index contributed by atoms with van der Waals surface area (Å²) in [6.07, 6.45) is 4.81. The zero-order chi connectivity index (χ0) is 17.9. The predicted octanol–water partition coefficient (Wildman–Crippen LogP) is 1.62. The quantitative estimate of drug-likeness (QED) is 0.875. The summed E-state index contributed by atoms with van der Waals surface area (Å²) < 4.78 is 33.1. The maximum atomic E-state index is 13.2. The molecule has 0 unspecified atom stereocenters. The van der Waals surface area contributed by atoms with Crippen LogP contribution in [0.1, 0.15) is 25.7 Å². The molecule has 1 aliphatic carbocycles. The molecule has 26 heavy (non-hydrogen) atoms. The monoisotopic (exact) mass is 377 g/mol. The van der Waals surface area contributed by atoms with Gasteiger partial charge in [0.1, 0.15) is 0 Å². The van der Waals surface area contributed by atoms with E-state index < -0.39 is 15.8 Å². The van der Waals surface area contributed by atoms with Crippen LogP contribution < -0.4 is 5.76 Å². The molecule has 0 radical (unpaired) electrons. The molecule has 1 aromatic heterocycles. The van der Waals surface area contributed by atoms with Crippen molar-refractivity contribution >= 4 is 21.1 Å². The lowest BCUT2D eigenvalue weighted by atomic mass is 9.95. The summed E-state index contributed by atoms with van der Waals surface area (Å²) in [5.74, 6) is 0.646. The van der Waals surface area contributed by atoms with Crippen LogP contribution in [-0.2, 0) is 10.0 Å². The summed E-state index contributed by atoms with van der Waals surface area (Å²) in [6, 6.07) is 4.92. The SMILES string of the molecule is O=c1[nH]c2ccc(S(=O)(=O)N3C[C@H]4CC[C@@H](C3)N(CC3CC3)C4)cc2o1. The van der Waals surface area contributed by atoms with Crippen molar-refractivity contribution in [1.29, 1.82) is 0 Å². The summed E-state index contributed by atoms with van der Waals surface area (Å²) in [7, 11) is -3.60. The first-order valence-corrected chi connectivity index (χ1v) is 10.8. The number of H-pyrrole nitrogens is 1. The van der Waals surface area contributed by atoms with E-state index in [1.807, 2.05) is 0 Å². The van der Waals surface area contributed by atoms with Crippen LogP contribution >= 0.6 is 0 Å². The van der Waals surface area contributed by atoms with E-state index in [0.717, 1.165) is 31.8 Å². The molecule has 2 aromatic rings. The highest BCUT2D eigenvalue weighted by atomic mass is 32.2. The Labute approximate surface area is 152 Å². The number of sulfonamides is 1. The maximum Gasteiger partial charge on any atom is 0.417 e. The number of benzene rings is 1. The van der Waals surface area contributed by atoms with Crippen LogP contribution in [0.4, 0.5) is 0 Å². The Morgan fingerprint density at radius 1 is 1.12 bits per heavy atom. The van der Waals surface area contributed by atoms with Gasteiger partial charge in [0.25, 0.3) is 0 Å². The van der Waals surface area contributed by atoms with Gasteiger partial charge in [-0.25, -0.2) is 13.2 Å². The fourth-order valence-corrected chi connectivity index (χ4v) is 5.99. The first kappa shape index (κ1) is 16.5. The van der Waals surface area contributed by atoms with Gasteiger partial charge in [-0.3, -0.25) is 9.88 Å². The van der Waals surface area contributed by atoms with Crippen LogP contribution in [0, 0.1) is 11.8 Å². The fourth-order valence-electron chi connectivity index (χ4n) is 4.42. The average molecular weight is 377 g/mol. The van der Waals surface area contributed by atoms with E-state index in [1.54, 1.807) is 16.4 Å². The van der Waals surface area contributed by atoms with Gasteiger partial charge in [-0.05, 0) is 49.7 Å². The van der Waals surface area contributed by atoms with Crippen LogP contribution in [0.25, 0.3) is 11.1 Å². The number of aromatic nitrogens is 1. The third-order valence-electron chi connectivity index (χ3n) is 6.01. The van der Waals surface area contributed by atoms with Gasteiger partial charge in [-0.15, -0.1) is 0 Å². The summed E-state index contributed by atoms with van der Waals surface area (Å²) in [6.45, 7) is 3.27. The standard InChI is InChI=1S/C18H23N3O4S/c22-18-19-16-6-5-15(7-17(16)25-18)26(23,24)21-10-13-3-4-14(11-21)20(9-13)8-12-1-2-12/h5-7,12-14H,1-4,8-11H2,(H,19,22)/t13-,14-/m0/s1. The van der Waals surface area contributed by atoms with E-state index in [2.05, 4.69) is 9.88 Å². The second-order valence-corrected chi connectivity index (χ2v) is 9.93. The number of rotatable bonds is 4. The van der Waals surface area contributed by atoms with E-state index in [-0.39, 0.29) is 10.5 Å². The number of nitrogens with zero attached hydrogens (tertiary/aromatic N) is 2. The Bertz CT molecular complexity index is 991. The van der Waals surface area contributed by atoms with Gasteiger partial charge < -0.3 is 4.42 Å². The van der Waals surface area contributed by atoms with Gasteiger partial charge in [0.15, 0.2) is 5.58 Å². The smallest absolute Gasteiger partial charge is 0.408 e. The Morgan fingerprint density at radius 3 is 2.77 bits per heavy atom. The van der Waals surface area contributed by atoms with Crippen LogP contribution in [0.15, 0.2) is 32.3 Å². The number of aromatic amines is 1. The molecule has 3 aliphatic heterocycles. The highest BCUT2D eigenvalue weighted by molar-refractivity contribution is 7.89. The van der Waals surface area contributed by atoms with Crippen LogP contribution in [0.3, 0.4) is 0 Å².